The Morgan fingerprint density at radius 2 is 2.00 bits per heavy atom. The first-order valence-electron chi connectivity index (χ1n) is 6.59. The number of urea groups is 1. The molecule has 3 N–H and O–H groups in total. The number of amides is 2. The van der Waals surface area contributed by atoms with Gasteiger partial charge in [0.25, 0.3) is 0 Å². The van der Waals surface area contributed by atoms with Gasteiger partial charge in [0.2, 0.25) is 0 Å². The molecule has 0 atom stereocenters. The quantitative estimate of drug-likeness (QED) is 0.776. The Balaban J connectivity index is 2.09. The van der Waals surface area contributed by atoms with E-state index in [4.69, 9.17) is 9.84 Å². The molecule has 1 aliphatic heterocycles. The zero-order valence-corrected chi connectivity index (χ0v) is 13.2. The second kappa shape index (κ2) is 6.44. The van der Waals surface area contributed by atoms with Crippen LogP contribution in [0, 0.1) is 0 Å². The van der Waals surface area contributed by atoms with E-state index in [1.807, 2.05) is 6.92 Å². The van der Waals surface area contributed by atoms with Gasteiger partial charge in [0.05, 0.1) is 11.3 Å². The third-order valence-corrected chi connectivity index (χ3v) is 3.97. The standard InChI is InChI=1S/C14H17BrN2O4/c1-14(4-6-21-7-5-14)17-13(20)16-11-8-9(15)2-3-10(11)12(18)19/h2-3,8H,4-7H2,1H3,(H,18,19)(H2,16,17,20). The Kier molecular flexibility index (Phi) is 4.84. The fraction of sp³-hybridized carbons (Fsp3) is 0.429. The average molecular weight is 357 g/mol. The van der Waals surface area contributed by atoms with Crippen LogP contribution in [0.3, 0.4) is 0 Å². The van der Waals surface area contributed by atoms with Gasteiger partial charge >= 0.3 is 12.0 Å². The maximum atomic E-state index is 12.1. The molecule has 1 fully saturated rings. The summed E-state index contributed by atoms with van der Waals surface area (Å²) in [6, 6.07) is 4.21. The van der Waals surface area contributed by atoms with Crippen molar-refractivity contribution >= 4 is 33.6 Å². The second-order valence-corrected chi connectivity index (χ2v) is 6.16. The highest BCUT2D eigenvalue weighted by atomic mass is 79.9. The summed E-state index contributed by atoms with van der Waals surface area (Å²) < 4.78 is 5.97. The second-order valence-electron chi connectivity index (χ2n) is 5.25. The predicted octanol–water partition coefficient (Wildman–Crippen LogP) is 2.84. The molecule has 0 spiro atoms. The fourth-order valence-electron chi connectivity index (χ4n) is 2.18. The summed E-state index contributed by atoms with van der Waals surface area (Å²) in [5.41, 5.74) is -0.0342. The molecule has 1 saturated heterocycles. The molecule has 6 nitrogen and oxygen atoms in total. The fourth-order valence-corrected chi connectivity index (χ4v) is 2.54. The lowest BCUT2D eigenvalue weighted by Crippen LogP contribution is -2.51. The summed E-state index contributed by atoms with van der Waals surface area (Å²) in [6.45, 7) is 3.16. The molecule has 0 aromatic heterocycles. The van der Waals surface area contributed by atoms with Crippen molar-refractivity contribution in [3.05, 3.63) is 28.2 Å². The lowest BCUT2D eigenvalue weighted by molar-refractivity contribution is 0.0499. The molecule has 1 aromatic rings. The Hall–Kier alpha value is -1.60. The van der Waals surface area contributed by atoms with E-state index in [2.05, 4.69) is 26.6 Å². The van der Waals surface area contributed by atoms with Crippen molar-refractivity contribution in [1.82, 2.24) is 5.32 Å². The van der Waals surface area contributed by atoms with Crippen LogP contribution in [0.25, 0.3) is 0 Å². The van der Waals surface area contributed by atoms with Crippen molar-refractivity contribution in [2.45, 2.75) is 25.3 Å². The first kappa shape index (κ1) is 15.8. The van der Waals surface area contributed by atoms with Gasteiger partial charge in [-0.25, -0.2) is 9.59 Å². The number of carbonyl (C=O) groups excluding carboxylic acids is 1. The summed E-state index contributed by atoms with van der Waals surface area (Å²) in [6.07, 6.45) is 1.45. The van der Waals surface area contributed by atoms with Gasteiger partial charge in [0.15, 0.2) is 0 Å². The largest absolute Gasteiger partial charge is 0.478 e. The minimum atomic E-state index is -1.09. The lowest BCUT2D eigenvalue weighted by atomic mass is 9.93. The van der Waals surface area contributed by atoms with Crippen molar-refractivity contribution < 1.29 is 19.4 Å². The van der Waals surface area contributed by atoms with Gasteiger partial charge in [-0.3, -0.25) is 0 Å². The molecule has 0 bridgehead atoms. The van der Waals surface area contributed by atoms with Crippen molar-refractivity contribution in [2.75, 3.05) is 18.5 Å². The van der Waals surface area contributed by atoms with E-state index in [-0.39, 0.29) is 16.8 Å². The van der Waals surface area contributed by atoms with Crippen LogP contribution in [0.15, 0.2) is 22.7 Å². The van der Waals surface area contributed by atoms with Crippen molar-refractivity contribution in [1.29, 1.82) is 0 Å². The first-order chi connectivity index (χ1) is 9.89. The average Bonchev–Trinajstić information content (AvgIpc) is 2.38. The molecule has 21 heavy (non-hydrogen) atoms. The van der Waals surface area contributed by atoms with Crippen LogP contribution in [0.1, 0.15) is 30.1 Å². The van der Waals surface area contributed by atoms with Crippen LogP contribution >= 0.6 is 15.9 Å². The predicted molar refractivity (Wildman–Crippen MR) is 81.7 cm³/mol. The van der Waals surface area contributed by atoms with Crippen LogP contribution in [0.4, 0.5) is 10.5 Å². The highest BCUT2D eigenvalue weighted by Gasteiger charge is 2.29. The number of carbonyl (C=O) groups is 2. The highest BCUT2D eigenvalue weighted by molar-refractivity contribution is 9.10. The zero-order chi connectivity index (χ0) is 15.5. The van der Waals surface area contributed by atoms with Gasteiger partial charge in [-0.2, -0.15) is 0 Å². The smallest absolute Gasteiger partial charge is 0.337 e. The van der Waals surface area contributed by atoms with E-state index in [0.29, 0.717) is 17.7 Å². The monoisotopic (exact) mass is 356 g/mol. The SMILES string of the molecule is CC1(NC(=O)Nc2cc(Br)ccc2C(=O)O)CCOCC1. The number of hydrogen-bond acceptors (Lipinski definition) is 3. The maximum Gasteiger partial charge on any atom is 0.337 e. The van der Waals surface area contributed by atoms with Gasteiger partial charge in [-0.1, -0.05) is 15.9 Å². The molecule has 0 saturated carbocycles. The van der Waals surface area contributed by atoms with Gasteiger partial charge in [-0.15, -0.1) is 0 Å². The third-order valence-electron chi connectivity index (χ3n) is 3.47. The Bertz CT molecular complexity index is 556. The minimum absolute atomic E-state index is 0.0467. The molecule has 1 aromatic carbocycles. The number of hydrogen-bond donors (Lipinski definition) is 3. The van der Waals surface area contributed by atoms with Crippen LogP contribution in [-0.4, -0.2) is 35.9 Å². The number of aromatic carboxylic acids is 1. The van der Waals surface area contributed by atoms with Gasteiger partial charge in [-0.05, 0) is 38.0 Å². The van der Waals surface area contributed by atoms with Crippen molar-refractivity contribution in [2.24, 2.45) is 0 Å². The third kappa shape index (κ3) is 4.18. The number of ether oxygens (including phenoxy) is 1. The van der Waals surface area contributed by atoms with Crippen LogP contribution < -0.4 is 10.6 Å². The van der Waals surface area contributed by atoms with Crippen LogP contribution in [-0.2, 0) is 4.74 Å². The van der Waals surface area contributed by atoms with E-state index >= 15 is 0 Å². The lowest BCUT2D eigenvalue weighted by Gasteiger charge is -2.34. The summed E-state index contributed by atoms with van der Waals surface area (Å²) in [5, 5.41) is 14.6. The Morgan fingerprint density at radius 3 is 2.62 bits per heavy atom. The molecule has 114 valence electrons. The first-order valence-corrected chi connectivity index (χ1v) is 7.39. The minimum Gasteiger partial charge on any atom is -0.478 e. The summed E-state index contributed by atoms with van der Waals surface area (Å²) in [5.74, 6) is -1.09. The molecular weight excluding hydrogens is 340 g/mol. The van der Waals surface area contributed by atoms with E-state index in [9.17, 15) is 9.59 Å². The molecule has 2 rings (SSSR count). The number of nitrogens with one attached hydrogen (secondary N) is 2. The van der Waals surface area contributed by atoms with E-state index in [0.717, 1.165) is 12.8 Å². The highest BCUT2D eigenvalue weighted by Crippen LogP contribution is 2.23. The topological polar surface area (TPSA) is 87.7 Å². The van der Waals surface area contributed by atoms with Crippen molar-refractivity contribution in [3.8, 4) is 0 Å². The zero-order valence-electron chi connectivity index (χ0n) is 11.6. The molecule has 7 heteroatoms. The summed E-state index contributed by atoms with van der Waals surface area (Å²) in [4.78, 5) is 23.3. The summed E-state index contributed by atoms with van der Waals surface area (Å²) in [7, 11) is 0. The molecule has 1 aliphatic rings. The van der Waals surface area contributed by atoms with Crippen LogP contribution in [0.5, 0.6) is 0 Å². The summed E-state index contributed by atoms with van der Waals surface area (Å²) >= 11 is 3.26. The normalized spacial score (nSPS) is 17.0. The molecule has 0 aliphatic carbocycles. The Labute approximate surface area is 131 Å². The van der Waals surface area contributed by atoms with E-state index in [1.54, 1.807) is 12.1 Å². The maximum absolute atomic E-state index is 12.1. The molecular formula is C14H17BrN2O4. The number of rotatable bonds is 3. The molecule has 2 amide bonds. The van der Waals surface area contributed by atoms with Gasteiger partial charge < -0.3 is 20.5 Å². The van der Waals surface area contributed by atoms with E-state index < -0.39 is 12.0 Å². The molecule has 0 unspecified atom stereocenters. The molecule has 1 heterocycles. The number of anilines is 1. The number of benzene rings is 1. The van der Waals surface area contributed by atoms with E-state index in [1.165, 1.54) is 6.07 Å². The molecule has 0 radical (unpaired) electrons. The van der Waals surface area contributed by atoms with Gasteiger partial charge in [0, 0.05) is 23.2 Å². The van der Waals surface area contributed by atoms with Crippen LogP contribution in [0.2, 0.25) is 0 Å². The number of carboxylic acid groups (broad SMARTS) is 1. The van der Waals surface area contributed by atoms with Gasteiger partial charge in [0.1, 0.15) is 0 Å². The number of halogens is 1. The number of carboxylic acids is 1. The Morgan fingerprint density at radius 1 is 1.33 bits per heavy atom. The van der Waals surface area contributed by atoms with Crippen molar-refractivity contribution in [3.63, 3.8) is 0 Å².